The van der Waals surface area contributed by atoms with Crippen molar-refractivity contribution in [2.75, 3.05) is 0 Å². The molecule has 1 aromatic heterocycles. The normalized spacial score (nSPS) is 11.2. The molecule has 88 valence electrons. The van der Waals surface area contributed by atoms with E-state index in [0.717, 1.165) is 23.2 Å². The average molecular weight is 227 g/mol. The van der Waals surface area contributed by atoms with E-state index in [1.165, 1.54) is 5.56 Å². The summed E-state index contributed by atoms with van der Waals surface area (Å²) < 4.78 is 1.81. The van der Waals surface area contributed by atoms with Crippen LogP contribution in [0.25, 0.3) is 11.1 Å². The molecule has 17 heavy (non-hydrogen) atoms. The lowest BCUT2D eigenvalue weighted by Gasteiger charge is -2.03. The lowest BCUT2D eigenvalue weighted by Crippen LogP contribution is -1.84. The average Bonchev–Trinajstić information content (AvgIpc) is 2.75. The van der Waals surface area contributed by atoms with Crippen LogP contribution in [0.15, 0.2) is 35.6 Å². The summed E-state index contributed by atoms with van der Waals surface area (Å²) in [7, 11) is 1.92. The van der Waals surface area contributed by atoms with E-state index < -0.39 is 0 Å². The number of nitrogens with zero attached hydrogens (tertiary/aromatic N) is 3. The Morgan fingerprint density at radius 2 is 2.18 bits per heavy atom. The summed E-state index contributed by atoms with van der Waals surface area (Å²) >= 11 is 0. The molecule has 0 N–H and O–H groups in total. The van der Waals surface area contributed by atoms with Gasteiger partial charge in [-0.05, 0) is 30.5 Å². The summed E-state index contributed by atoms with van der Waals surface area (Å²) in [4.78, 5) is 4.47. The van der Waals surface area contributed by atoms with E-state index >= 15 is 0 Å². The third-order valence-corrected chi connectivity index (χ3v) is 2.66. The summed E-state index contributed by atoms with van der Waals surface area (Å²) in [6.45, 7) is 4.17. The minimum Gasteiger partial charge on any atom is -0.275 e. The summed E-state index contributed by atoms with van der Waals surface area (Å²) in [6, 6.07) is 6.32. The van der Waals surface area contributed by atoms with Gasteiger partial charge in [0.15, 0.2) is 0 Å². The van der Waals surface area contributed by atoms with Gasteiger partial charge in [0.1, 0.15) is 0 Å². The first-order chi connectivity index (χ1) is 8.20. The van der Waals surface area contributed by atoms with E-state index in [1.54, 1.807) is 0 Å². The second kappa shape index (κ2) is 4.95. The summed E-state index contributed by atoms with van der Waals surface area (Å²) in [5, 5.41) is 4.19. The molecule has 3 heteroatoms. The zero-order chi connectivity index (χ0) is 12.3. The van der Waals surface area contributed by atoms with Gasteiger partial charge in [0.25, 0.3) is 0 Å². The van der Waals surface area contributed by atoms with Crippen molar-refractivity contribution in [3.8, 4) is 11.1 Å². The van der Waals surface area contributed by atoms with Crippen molar-refractivity contribution in [1.82, 2.24) is 9.78 Å². The Morgan fingerprint density at radius 1 is 1.35 bits per heavy atom. The molecule has 0 atom stereocenters. The summed E-state index contributed by atoms with van der Waals surface area (Å²) in [6.07, 6.45) is 6.78. The van der Waals surface area contributed by atoms with Crippen molar-refractivity contribution in [1.29, 1.82) is 0 Å². The Hall–Kier alpha value is -1.90. The molecule has 0 aliphatic heterocycles. The van der Waals surface area contributed by atoms with Crippen LogP contribution in [-0.2, 0) is 7.05 Å². The molecule has 0 saturated carbocycles. The Morgan fingerprint density at radius 3 is 2.82 bits per heavy atom. The van der Waals surface area contributed by atoms with Crippen molar-refractivity contribution < 1.29 is 0 Å². The highest BCUT2D eigenvalue weighted by molar-refractivity contribution is 5.71. The molecule has 0 fully saturated rings. The minimum atomic E-state index is 0.955. The fourth-order valence-electron chi connectivity index (χ4n) is 1.69. The fourth-order valence-corrected chi connectivity index (χ4v) is 1.69. The molecular formula is C14H17N3. The Kier molecular flexibility index (Phi) is 3.38. The lowest BCUT2D eigenvalue weighted by molar-refractivity contribution is 0.768. The van der Waals surface area contributed by atoms with E-state index in [2.05, 4.69) is 42.1 Å². The molecular weight excluding hydrogens is 210 g/mol. The SMILES string of the molecule is CCC=Nc1cc(-c2cnn(C)c2)ccc1C. The van der Waals surface area contributed by atoms with Crippen LogP contribution in [0.2, 0.25) is 0 Å². The molecule has 3 nitrogen and oxygen atoms in total. The first-order valence-electron chi connectivity index (χ1n) is 5.83. The van der Waals surface area contributed by atoms with Gasteiger partial charge < -0.3 is 0 Å². The van der Waals surface area contributed by atoms with Crippen LogP contribution in [0.3, 0.4) is 0 Å². The van der Waals surface area contributed by atoms with Gasteiger partial charge in [0.2, 0.25) is 0 Å². The highest BCUT2D eigenvalue weighted by atomic mass is 15.2. The van der Waals surface area contributed by atoms with Crippen molar-refractivity contribution in [2.24, 2.45) is 12.0 Å². The maximum Gasteiger partial charge on any atom is 0.0661 e. The number of rotatable bonds is 3. The molecule has 0 aliphatic carbocycles. The van der Waals surface area contributed by atoms with Crippen LogP contribution < -0.4 is 0 Å². The highest BCUT2D eigenvalue weighted by Gasteiger charge is 2.03. The summed E-state index contributed by atoms with van der Waals surface area (Å²) in [5.41, 5.74) is 4.52. The van der Waals surface area contributed by atoms with Crippen LogP contribution in [0.4, 0.5) is 5.69 Å². The monoisotopic (exact) mass is 227 g/mol. The zero-order valence-electron chi connectivity index (χ0n) is 10.5. The number of hydrogen-bond acceptors (Lipinski definition) is 2. The number of aliphatic imine (C=N–C) groups is 1. The molecule has 1 aromatic carbocycles. The smallest absolute Gasteiger partial charge is 0.0661 e. The topological polar surface area (TPSA) is 30.2 Å². The van der Waals surface area contributed by atoms with Crippen LogP contribution in [-0.4, -0.2) is 16.0 Å². The van der Waals surface area contributed by atoms with Crippen molar-refractivity contribution in [2.45, 2.75) is 20.3 Å². The second-order valence-electron chi connectivity index (χ2n) is 4.12. The van der Waals surface area contributed by atoms with Crippen LogP contribution in [0.1, 0.15) is 18.9 Å². The third kappa shape index (κ3) is 2.61. The van der Waals surface area contributed by atoms with E-state index in [4.69, 9.17) is 0 Å². The largest absolute Gasteiger partial charge is 0.275 e. The second-order valence-corrected chi connectivity index (χ2v) is 4.12. The van der Waals surface area contributed by atoms with Crippen molar-refractivity contribution >= 4 is 11.9 Å². The maximum atomic E-state index is 4.47. The van der Waals surface area contributed by atoms with Gasteiger partial charge in [-0.3, -0.25) is 9.67 Å². The Balaban J connectivity index is 2.40. The van der Waals surface area contributed by atoms with E-state index in [9.17, 15) is 0 Å². The molecule has 1 heterocycles. The van der Waals surface area contributed by atoms with Gasteiger partial charge in [-0.15, -0.1) is 0 Å². The molecule has 0 amide bonds. The minimum absolute atomic E-state index is 0.955. The predicted octanol–water partition coefficient (Wildman–Crippen LogP) is 3.51. The Labute approximate surface area is 102 Å². The first kappa shape index (κ1) is 11.6. The quantitative estimate of drug-likeness (QED) is 0.738. The number of hydrogen-bond donors (Lipinski definition) is 0. The van der Waals surface area contributed by atoms with E-state index in [1.807, 2.05) is 30.3 Å². The molecule has 0 saturated heterocycles. The third-order valence-electron chi connectivity index (χ3n) is 2.66. The number of aromatic nitrogens is 2. The predicted molar refractivity (Wildman–Crippen MR) is 71.8 cm³/mol. The molecule has 0 spiro atoms. The standard InChI is InChI=1S/C14H17N3/c1-4-7-15-14-8-12(6-5-11(14)2)13-9-16-17(3)10-13/h5-10H,4H2,1-3H3. The van der Waals surface area contributed by atoms with Gasteiger partial charge in [0.05, 0.1) is 11.9 Å². The molecule has 2 aromatic rings. The molecule has 2 rings (SSSR count). The highest BCUT2D eigenvalue weighted by Crippen LogP contribution is 2.26. The Bertz CT molecular complexity index is 538. The van der Waals surface area contributed by atoms with Gasteiger partial charge in [-0.2, -0.15) is 5.10 Å². The maximum absolute atomic E-state index is 4.47. The van der Waals surface area contributed by atoms with Gasteiger partial charge in [-0.1, -0.05) is 19.1 Å². The van der Waals surface area contributed by atoms with E-state index in [-0.39, 0.29) is 0 Å². The first-order valence-corrected chi connectivity index (χ1v) is 5.83. The lowest BCUT2D eigenvalue weighted by atomic mass is 10.1. The number of benzene rings is 1. The van der Waals surface area contributed by atoms with Crippen LogP contribution in [0.5, 0.6) is 0 Å². The van der Waals surface area contributed by atoms with Crippen molar-refractivity contribution in [3.63, 3.8) is 0 Å². The number of aryl methyl sites for hydroxylation is 2. The van der Waals surface area contributed by atoms with Gasteiger partial charge in [-0.25, -0.2) is 0 Å². The van der Waals surface area contributed by atoms with Gasteiger partial charge in [0, 0.05) is 25.0 Å². The fraction of sp³-hybridized carbons (Fsp3) is 0.286. The van der Waals surface area contributed by atoms with Crippen molar-refractivity contribution in [3.05, 3.63) is 36.2 Å². The van der Waals surface area contributed by atoms with Gasteiger partial charge >= 0.3 is 0 Å². The molecule has 0 radical (unpaired) electrons. The molecule has 0 bridgehead atoms. The molecule has 0 aliphatic rings. The van der Waals surface area contributed by atoms with E-state index in [0.29, 0.717) is 0 Å². The summed E-state index contributed by atoms with van der Waals surface area (Å²) in [5.74, 6) is 0. The molecule has 0 unspecified atom stereocenters. The van der Waals surface area contributed by atoms with Crippen LogP contribution in [0, 0.1) is 6.92 Å². The zero-order valence-corrected chi connectivity index (χ0v) is 10.5. The van der Waals surface area contributed by atoms with Crippen LogP contribution >= 0.6 is 0 Å².